The van der Waals surface area contributed by atoms with E-state index in [2.05, 4.69) is 13.8 Å². The average molecular weight is 304 g/mol. The summed E-state index contributed by atoms with van der Waals surface area (Å²) in [5.41, 5.74) is -0.0922. The summed E-state index contributed by atoms with van der Waals surface area (Å²) in [4.78, 5) is 25.2. The number of aliphatic hydroxyl groups is 1. The lowest BCUT2D eigenvalue weighted by atomic mass is 9.45. The lowest BCUT2D eigenvalue weighted by Gasteiger charge is -2.59. The van der Waals surface area contributed by atoms with Crippen molar-refractivity contribution in [2.24, 2.45) is 34.5 Å². The van der Waals surface area contributed by atoms with Crippen LogP contribution >= 0.6 is 0 Å². The highest BCUT2D eigenvalue weighted by Crippen LogP contribution is 2.64. The standard InChI is InChI=1S/C19H28O3/c1-18-7-5-11(20)9-15(18)16(21)10-12-13-3-4-17(22)19(13,2)8-6-14(12)18/h11-15,20H,3-10H2,1-2H3/t11?,12-,13-,14-,15+,18+,19-/m0/s1. The number of rotatable bonds is 0. The van der Waals surface area contributed by atoms with E-state index in [1.807, 2.05) is 0 Å². The highest BCUT2D eigenvalue weighted by molar-refractivity contribution is 5.88. The maximum Gasteiger partial charge on any atom is 0.139 e. The Labute approximate surface area is 132 Å². The Kier molecular flexibility index (Phi) is 3.15. The summed E-state index contributed by atoms with van der Waals surface area (Å²) in [5, 5.41) is 10.0. The van der Waals surface area contributed by atoms with Gasteiger partial charge >= 0.3 is 0 Å². The fraction of sp³-hybridized carbons (Fsp3) is 0.895. The number of carbonyl (C=O) groups excluding carboxylic acids is 2. The van der Waals surface area contributed by atoms with E-state index in [-0.39, 0.29) is 22.9 Å². The molecule has 4 aliphatic rings. The quantitative estimate of drug-likeness (QED) is 0.748. The first-order valence-corrected chi connectivity index (χ1v) is 9.10. The Bertz CT molecular complexity index is 527. The Morgan fingerprint density at radius 2 is 1.82 bits per heavy atom. The topological polar surface area (TPSA) is 54.4 Å². The fourth-order valence-electron chi connectivity index (χ4n) is 6.79. The lowest BCUT2D eigenvalue weighted by molar-refractivity contribution is -0.160. The van der Waals surface area contributed by atoms with Crippen LogP contribution in [0.25, 0.3) is 0 Å². The zero-order chi connectivity index (χ0) is 15.7. The molecule has 0 aromatic carbocycles. The van der Waals surface area contributed by atoms with E-state index in [1.54, 1.807) is 0 Å². The number of hydrogen-bond acceptors (Lipinski definition) is 3. The lowest BCUT2D eigenvalue weighted by Crippen LogP contribution is -2.57. The van der Waals surface area contributed by atoms with Gasteiger partial charge in [0.2, 0.25) is 0 Å². The van der Waals surface area contributed by atoms with Gasteiger partial charge in [-0.15, -0.1) is 0 Å². The maximum absolute atomic E-state index is 12.8. The summed E-state index contributed by atoms with van der Waals surface area (Å²) in [6.45, 7) is 4.46. The van der Waals surface area contributed by atoms with Crippen molar-refractivity contribution in [3.05, 3.63) is 0 Å². The van der Waals surface area contributed by atoms with Gasteiger partial charge in [-0.05, 0) is 61.7 Å². The first-order chi connectivity index (χ1) is 10.4. The monoisotopic (exact) mass is 304 g/mol. The third-order valence-electron chi connectivity index (χ3n) is 8.14. The van der Waals surface area contributed by atoms with E-state index in [0.29, 0.717) is 42.2 Å². The molecule has 3 nitrogen and oxygen atoms in total. The van der Waals surface area contributed by atoms with E-state index < -0.39 is 0 Å². The van der Waals surface area contributed by atoms with Crippen LogP contribution in [0.5, 0.6) is 0 Å². The summed E-state index contributed by atoms with van der Waals surface area (Å²) in [6, 6.07) is 0. The second kappa shape index (κ2) is 4.66. The zero-order valence-corrected chi connectivity index (χ0v) is 13.8. The molecule has 1 N–H and O–H groups in total. The van der Waals surface area contributed by atoms with Gasteiger partial charge in [-0.2, -0.15) is 0 Å². The maximum atomic E-state index is 12.8. The molecule has 4 fully saturated rings. The number of ketones is 2. The Hall–Kier alpha value is -0.700. The first-order valence-electron chi connectivity index (χ1n) is 9.10. The number of aliphatic hydroxyl groups excluding tert-OH is 1. The predicted molar refractivity (Wildman–Crippen MR) is 83.1 cm³/mol. The molecular formula is C19H28O3. The van der Waals surface area contributed by atoms with Gasteiger partial charge in [0.15, 0.2) is 0 Å². The normalized spacial score (nSPS) is 54.6. The molecule has 0 bridgehead atoms. The van der Waals surface area contributed by atoms with Crippen LogP contribution in [0.4, 0.5) is 0 Å². The van der Waals surface area contributed by atoms with Gasteiger partial charge in [0.1, 0.15) is 11.6 Å². The van der Waals surface area contributed by atoms with E-state index in [9.17, 15) is 14.7 Å². The van der Waals surface area contributed by atoms with Crippen LogP contribution < -0.4 is 0 Å². The number of fused-ring (bicyclic) bond motifs is 5. The van der Waals surface area contributed by atoms with Crippen LogP contribution in [0.15, 0.2) is 0 Å². The number of Topliss-reactive ketones (excluding diaryl/α,β-unsaturated/α-hetero) is 2. The largest absolute Gasteiger partial charge is 0.393 e. The van der Waals surface area contributed by atoms with Crippen molar-refractivity contribution >= 4 is 11.6 Å². The minimum absolute atomic E-state index is 0.0546. The molecule has 0 heterocycles. The second-order valence-corrected chi connectivity index (χ2v) is 8.95. The smallest absolute Gasteiger partial charge is 0.139 e. The van der Waals surface area contributed by atoms with E-state index in [0.717, 1.165) is 38.5 Å². The van der Waals surface area contributed by atoms with Crippen LogP contribution in [0, 0.1) is 34.5 Å². The minimum Gasteiger partial charge on any atom is -0.393 e. The molecule has 0 spiro atoms. The average Bonchev–Trinajstić information content (AvgIpc) is 2.77. The SMILES string of the molecule is C[C@]12CCC(O)C[C@@H]1C(=O)C[C@@H]1[C@@H]2CC[C@]2(C)C(=O)CC[C@@H]12. The van der Waals surface area contributed by atoms with Gasteiger partial charge in [-0.25, -0.2) is 0 Å². The summed E-state index contributed by atoms with van der Waals surface area (Å²) in [7, 11) is 0. The van der Waals surface area contributed by atoms with Gasteiger partial charge in [-0.1, -0.05) is 13.8 Å². The van der Waals surface area contributed by atoms with E-state index in [4.69, 9.17) is 0 Å². The third-order valence-corrected chi connectivity index (χ3v) is 8.14. The van der Waals surface area contributed by atoms with Gasteiger partial charge in [0.25, 0.3) is 0 Å². The Morgan fingerprint density at radius 1 is 1.05 bits per heavy atom. The van der Waals surface area contributed by atoms with Crippen molar-refractivity contribution in [1.82, 2.24) is 0 Å². The van der Waals surface area contributed by atoms with Crippen LogP contribution in [0.3, 0.4) is 0 Å². The van der Waals surface area contributed by atoms with Crippen molar-refractivity contribution in [1.29, 1.82) is 0 Å². The molecule has 22 heavy (non-hydrogen) atoms. The van der Waals surface area contributed by atoms with Crippen molar-refractivity contribution < 1.29 is 14.7 Å². The molecule has 0 aromatic rings. The summed E-state index contributed by atoms with van der Waals surface area (Å²) >= 11 is 0. The second-order valence-electron chi connectivity index (χ2n) is 8.95. The van der Waals surface area contributed by atoms with Crippen LogP contribution in [-0.4, -0.2) is 22.8 Å². The van der Waals surface area contributed by atoms with E-state index in [1.165, 1.54) is 0 Å². The highest BCUT2D eigenvalue weighted by Gasteiger charge is 2.62. The molecule has 4 aliphatic carbocycles. The van der Waals surface area contributed by atoms with Crippen molar-refractivity contribution in [2.45, 2.75) is 71.3 Å². The Balaban J connectivity index is 1.69. The molecule has 1 unspecified atom stereocenters. The number of carbonyl (C=O) groups is 2. The summed E-state index contributed by atoms with van der Waals surface area (Å²) in [5.74, 6) is 2.27. The van der Waals surface area contributed by atoms with Gasteiger partial charge in [0, 0.05) is 24.2 Å². The van der Waals surface area contributed by atoms with Gasteiger partial charge in [-0.3, -0.25) is 9.59 Å². The minimum atomic E-state index is -0.291. The van der Waals surface area contributed by atoms with Crippen LogP contribution in [0.1, 0.15) is 65.2 Å². The van der Waals surface area contributed by atoms with Crippen molar-refractivity contribution in [3.63, 3.8) is 0 Å². The van der Waals surface area contributed by atoms with Crippen molar-refractivity contribution in [2.75, 3.05) is 0 Å². The van der Waals surface area contributed by atoms with Crippen LogP contribution in [0.2, 0.25) is 0 Å². The van der Waals surface area contributed by atoms with Crippen LogP contribution in [-0.2, 0) is 9.59 Å². The van der Waals surface area contributed by atoms with Gasteiger partial charge < -0.3 is 5.11 Å². The Morgan fingerprint density at radius 3 is 2.59 bits per heavy atom. The molecule has 0 radical (unpaired) electrons. The molecule has 122 valence electrons. The molecule has 0 aromatic heterocycles. The first kappa shape index (κ1) is 14.9. The molecule has 0 aliphatic heterocycles. The molecule has 4 rings (SSSR count). The molecule has 4 saturated carbocycles. The summed E-state index contributed by atoms with van der Waals surface area (Å²) in [6.07, 6.45) is 6.67. The zero-order valence-electron chi connectivity index (χ0n) is 13.8. The summed E-state index contributed by atoms with van der Waals surface area (Å²) < 4.78 is 0. The molecule has 0 saturated heterocycles. The molecule has 3 heteroatoms. The molecular weight excluding hydrogens is 276 g/mol. The van der Waals surface area contributed by atoms with Crippen molar-refractivity contribution in [3.8, 4) is 0 Å². The fourth-order valence-corrected chi connectivity index (χ4v) is 6.79. The third kappa shape index (κ3) is 1.78. The molecule has 7 atom stereocenters. The molecule has 0 amide bonds. The highest BCUT2D eigenvalue weighted by atomic mass is 16.3. The predicted octanol–water partition coefficient (Wildman–Crippen LogP) is 3.14. The van der Waals surface area contributed by atoms with E-state index >= 15 is 0 Å². The number of hydrogen-bond donors (Lipinski definition) is 1. The van der Waals surface area contributed by atoms with Gasteiger partial charge in [0.05, 0.1) is 6.10 Å².